The highest BCUT2D eigenvalue weighted by Crippen LogP contribution is 2.49. The van der Waals surface area contributed by atoms with E-state index >= 15 is 0 Å². The lowest BCUT2D eigenvalue weighted by molar-refractivity contribution is 0.298. The molecule has 0 heterocycles. The second kappa shape index (κ2) is 9.92. The van der Waals surface area contributed by atoms with E-state index in [2.05, 4.69) is 11.8 Å². The Balaban J connectivity index is 1.52. The summed E-state index contributed by atoms with van der Waals surface area (Å²) in [5.41, 5.74) is 2.94. The average Bonchev–Trinajstić information content (AvgIpc) is 2.81. The first-order valence-corrected chi connectivity index (χ1v) is 11.5. The van der Waals surface area contributed by atoms with Gasteiger partial charge in [0.1, 0.15) is 17.2 Å². The van der Waals surface area contributed by atoms with Crippen molar-refractivity contribution < 1.29 is 18.1 Å². The molecule has 0 aliphatic heterocycles. The predicted molar refractivity (Wildman–Crippen MR) is 126 cm³/mol. The molecule has 32 heavy (non-hydrogen) atoms. The van der Waals surface area contributed by atoms with Gasteiger partial charge in [-0.1, -0.05) is 65.9 Å². The summed E-state index contributed by atoms with van der Waals surface area (Å²) in [6, 6.07) is 32.6. The first kappa shape index (κ1) is 21.3. The molecule has 158 valence electrons. The Morgan fingerprint density at radius 1 is 0.531 bits per heavy atom. The Morgan fingerprint density at radius 2 is 0.906 bits per heavy atom. The van der Waals surface area contributed by atoms with E-state index in [9.17, 15) is 4.57 Å². The van der Waals surface area contributed by atoms with Crippen molar-refractivity contribution in [3.63, 3.8) is 0 Å². The Labute approximate surface area is 188 Å². The van der Waals surface area contributed by atoms with Crippen LogP contribution in [0.25, 0.3) is 0 Å². The van der Waals surface area contributed by atoms with Crippen LogP contribution in [0, 0.1) is 18.8 Å². The van der Waals surface area contributed by atoms with Crippen molar-refractivity contribution in [3.8, 4) is 29.1 Å². The summed E-state index contributed by atoms with van der Waals surface area (Å²) in [4.78, 5) is 0. The lowest BCUT2D eigenvalue weighted by atomic mass is 10.1. The van der Waals surface area contributed by atoms with Crippen LogP contribution in [-0.2, 0) is 4.57 Å². The van der Waals surface area contributed by atoms with E-state index in [4.69, 9.17) is 13.6 Å². The summed E-state index contributed by atoms with van der Waals surface area (Å²) in [7, 11) is -4.00. The van der Waals surface area contributed by atoms with Crippen molar-refractivity contribution in [1.29, 1.82) is 0 Å². The maximum Gasteiger partial charge on any atom is 0.647 e. The Kier molecular flexibility index (Phi) is 6.60. The summed E-state index contributed by atoms with van der Waals surface area (Å²) in [5.74, 6) is 7.35. The van der Waals surface area contributed by atoms with Gasteiger partial charge in [-0.2, -0.15) is 4.57 Å². The van der Waals surface area contributed by atoms with E-state index in [0.29, 0.717) is 17.2 Å². The molecule has 4 nitrogen and oxygen atoms in total. The molecule has 0 spiro atoms. The van der Waals surface area contributed by atoms with Gasteiger partial charge in [0.15, 0.2) is 0 Å². The van der Waals surface area contributed by atoms with Crippen LogP contribution in [0.15, 0.2) is 109 Å². The average molecular weight is 440 g/mol. The minimum Gasteiger partial charge on any atom is -0.386 e. The van der Waals surface area contributed by atoms with Crippen molar-refractivity contribution in [2.24, 2.45) is 0 Å². The number of phosphoric ester groups is 1. The number of rotatable bonds is 6. The molecule has 4 aromatic rings. The third-order valence-electron chi connectivity index (χ3n) is 4.40. The minimum absolute atomic E-state index is 0.348. The predicted octanol–water partition coefficient (Wildman–Crippen LogP) is 7.04. The third kappa shape index (κ3) is 6.04. The molecule has 0 saturated carbocycles. The van der Waals surface area contributed by atoms with E-state index in [1.54, 1.807) is 72.8 Å². The van der Waals surface area contributed by atoms with E-state index in [1.165, 1.54) is 5.56 Å². The van der Waals surface area contributed by atoms with Gasteiger partial charge in [-0.3, -0.25) is 0 Å². The highest BCUT2D eigenvalue weighted by atomic mass is 31.2. The fourth-order valence-electron chi connectivity index (χ4n) is 2.79. The van der Waals surface area contributed by atoms with Crippen LogP contribution in [0.4, 0.5) is 0 Å². The molecule has 0 bridgehead atoms. The second-order valence-electron chi connectivity index (χ2n) is 6.99. The molecule has 0 atom stereocenters. The molecule has 0 aromatic heterocycles. The monoisotopic (exact) mass is 440 g/mol. The quantitative estimate of drug-likeness (QED) is 0.238. The molecule has 0 fully saturated rings. The number of benzene rings is 4. The zero-order valence-corrected chi connectivity index (χ0v) is 18.4. The van der Waals surface area contributed by atoms with E-state index in [-0.39, 0.29) is 0 Å². The summed E-state index contributed by atoms with van der Waals surface area (Å²) in [6.45, 7) is 2.04. The first-order chi connectivity index (χ1) is 15.6. The zero-order chi connectivity index (χ0) is 22.2. The summed E-state index contributed by atoms with van der Waals surface area (Å²) < 4.78 is 30.4. The van der Waals surface area contributed by atoms with Crippen molar-refractivity contribution >= 4 is 7.82 Å². The second-order valence-corrected chi connectivity index (χ2v) is 8.43. The molecular weight excluding hydrogens is 419 g/mol. The van der Waals surface area contributed by atoms with Crippen LogP contribution in [0.1, 0.15) is 16.7 Å². The summed E-state index contributed by atoms with van der Waals surface area (Å²) in [5, 5.41) is 0. The minimum atomic E-state index is -4.00. The number of para-hydroxylation sites is 2. The normalized spacial score (nSPS) is 10.5. The molecular formula is C27H21O4P. The number of hydrogen-bond donors (Lipinski definition) is 0. The first-order valence-electron chi connectivity index (χ1n) is 10.1. The van der Waals surface area contributed by atoms with Crippen LogP contribution < -0.4 is 13.6 Å². The maximum absolute atomic E-state index is 13.4. The van der Waals surface area contributed by atoms with Gasteiger partial charge in [-0.25, -0.2) is 0 Å². The van der Waals surface area contributed by atoms with Gasteiger partial charge in [-0.15, -0.1) is 0 Å². The van der Waals surface area contributed by atoms with Crippen molar-refractivity contribution in [1.82, 2.24) is 0 Å². The van der Waals surface area contributed by atoms with Crippen LogP contribution >= 0.6 is 7.82 Å². The van der Waals surface area contributed by atoms with Crippen molar-refractivity contribution in [2.75, 3.05) is 0 Å². The molecule has 0 unspecified atom stereocenters. The van der Waals surface area contributed by atoms with Gasteiger partial charge in [-0.05, 0) is 67.6 Å². The van der Waals surface area contributed by atoms with Crippen LogP contribution in [0.5, 0.6) is 17.2 Å². The molecule has 0 aliphatic rings. The van der Waals surface area contributed by atoms with Crippen LogP contribution in [0.2, 0.25) is 0 Å². The van der Waals surface area contributed by atoms with E-state index < -0.39 is 7.82 Å². The van der Waals surface area contributed by atoms with Crippen molar-refractivity contribution in [2.45, 2.75) is 6.92 Å². The number of hydrogen-bond acceptors (Lipinski definition) is 4. The van der Waals surface area contributed by atoms with Gasteiger partial charge in [0, 0.05) is 11.1 Å². The molecule has 0 N–H and O–H groups in total. The molecule has 0 radical (unpaired) electrons. The Bertz CT molecular complexity index is 1210. The van der Waals surface area contributed by atoms with Crippen LogP contribution in [-0.4, -0.2) is 0 Å². The smallest absolute Gasteiger partial charge is 0.386 e. The standard InChI is InChI=1S/C27H21O4P/c1-22-12-14-23(15-13-22)16-17-24-18-20-27(21-19-24)31-32(28,29-25-8-4-2-5-9-25)30-26-10-6-3-7-11-26/h2-15,18-21H,1H3. The molecule has 5 heteroatoms. The highest BCUT2D eigenvalue weighted by Gasteiger charge is 2.33. The van der Waals surface area contributed by atoms with Gasteiger partial charge in [0.05, 0.1) is 0 Å². The Hall–Kier alpha value is -3.93. The highest BCUT2D eigenvalue weighted by molar-refractivity contribution is 7.49. The van der Waals surface area contributed by atoms with E-state index in [1.807, 2.05) is 43.3 Å². The third-order valence-corrected chi connectivity index (χ3v) is 5.70. The largest absolute Gasteiger partial charge is 0.647 e. The lowest BCUT2D eigenvalue weighted by Crippen LogP contribution is -2.07. The molecule has 4 rings (SSSR count). The van der Waals surface area contributed by atoms with Gasteiger partial charge in [0.2, 0.25) is 0 Å². The molecule has 0 amide bonds. The number of aryl methyl sites for hydroxylation is 1. The summed E-state index contributed by atoms with van der Waals surface area (Å²) in [6.07, 6.45) is 0. The Morgan fingerprint density at radius 3 is 1.34 bits per heavy atom. The maximum atomic E-state index is 13.4. The fourth-order valence-corrected chi connectivity index (χ4v) is 4.04. The van der Waals surface area contributed by atoms with E-state index in [0.717, 1.165) is 11.1 Å². The van der Waals surface area contributed by atoms with Gasteiger partial charge >= 0.3 is 7.82 Å². The lowest BCUT2D eigenvalue weighted by Gasteiger charge is -2.19. The fraction of sp³-hybridized carbons (Fsp3) is 0.0370. The SMILES string of the molecule is Cc1ccc(C#Cc2ccc(OP(=O)(Oc3ccccc3)Oc3ccccc3)cc2)cc1. The molecule has 0 aliphatic carbocycles. The van der Waals surface area contributed by atoms with Crippen molar-refractivity contribution in [3.05, 3.63) is 126 Å². The zero-order valence-electron chi connectivity index (χ0n) is 17.5. The topological polar surface area (TPSA) is 44.8 Å². The van der Waals surface area contributed by atoms with Crippen LogP contribution in [0.3, 0.4) is 0 Å². The summed E-state index contributed by atoms with van der Waals surface area (Å²) >= 11 is 0. The van der Waals surface area contributed by atoms with Gasteiger partial charge < -0.3 is 13.6 Å². The number of phosphoric acid groups is 1. The van der Waals surface area contributed by atoms with Gasteiger partial charge in [0.25, 0.3) is 0 Å². The molecule has 4 aromatic carbocycles. The molecule has 0 saturated heterocycles.